The Labute approximate surface area is 184 Å². The van der Waals surface area contributed by atoms with E-state index < -0.39 is 0 Å². The van der Waals surface area contributed by atoms with E-state index in [0.717, 1.165) is 42.6 Å². The van der Waals surface area contributed by atoms with Gasteiger partial charge in [0.2, 0.25) is 5.91 Å². The molecule has 5 fully saturated rings. The molecule has 0 radical (unpaired) electrons. The summed E-state index contributed by atoms with van der Waals surface area (Å²) in [5.74, 6) is 2.72. The van der Waals surface area contributed by atoms with Gasteiger partial charge in [0, 0.05) is 31.2 Å². The molecular formula is C24H32ClN3O2. The van der Waals surface area contributed by atoms with Gasteiger partial charge in [-0.3, -0.25) is 4.79 Å². The first-order chi connectivity index (χ1) is 14.4. The number of nitrogens with one attached hydrogen (secondary N) is 1. The average Bonchev–Trinajstić information content (AvgIpc) is 2.72. The molecule has 1 aromatic rings. The van der Waals surface area contributed by atoms with E-state index in [0.29, 0.717) is 37.1 Å². The minimum atomic E-state index is -0.108. The SMILES string of the molecule is CC(NC(=O)N1CCN(C(=O)C23CC4CC(CC(C4)C2)C3)CC1)c1cccc(Cl)c1. The Morgan fingerprint density at radius 2 is 1.57 bits per heavy atom. The highest BCUT2D eigenvalue weighted by Crippen LogP contribution is 2.60. The Morgan fingerprint density at radius 3 is 2.13 bits per heavy atom. The molecule has 5 nitrogen and oxygen atoms in total. The van der Waals surface area contributed by atoms with E-state index in [1.807, 2.05) is 36.1 Å². The fraction of sp³-hybridized carbons (Fsp3) is 0.667. The van der Waals surface area contributed by atoms with Gasteiger partial charge in [-0.15, -0.1) is 0 Å². The van der Waals surface area contributed by atoms with E-state index in [9.17, 15) is 9.59 Å². The van der Waals surface area contributed by atoms with E-state index in [2.05, 4.69) is 10.2 Å². The van der Waals surface area contributed by atoms with Crippen molar-refractivity contribution in [2.45, 2.75) is 51.5 Å². The van der Waals surface area contributed by atoms with E-state index in [1.165, 1.54) is 19.3 Å². The smallest absolute Gasteiger partial charge is 0.317 e. The second-order valence-corrected chi connectivity index (χ2v) is 10.6. The van der Waals surface area contributed by atoms with Gasteiger partial charge in [-0.2, -0.15) is 0 Å². The molecule has 1 saturated heterocycles. The number of piperazine rings is 1. The Balaban J connectivity index is 1.16. The van der Waals surface area contributed by atoms with Crippen molar-refractivity contribution in [1.82, 2.24) is 15.1 Å². The Kier molecular flexibility index (Phi) is 5.20. The number of hydrogen-bond acceptors (Lipinski definition) is 2. The highest BCUT2D eigenvalue weighted by molar-refractivity contribution is 6.30. The summed E-state index contributed by atoms with van der Waals surface area (Å²) in [5, 5.41) is 3.74. The lowest BCUT2D eigenvalue weighted by Crippen LogP contribution is -2.59. The average molecular weight is 430 g/mol. The molecule has 6 heteroatoms. The summed E-state index contributed by atoms with van der Waals surface area (Å²) in [7, 11) is 0. The number of urea groups is 1. The minimum Gasteiger partial charge on any atom is -0.339 e. The second-order valence-electron chi connectivity index (χ2n) is 10.2. The first kappa shape index (κ1) is 20.2. The predicted molar refractivity (Wildman–Crippen MR) is 117 cm³/mol. The molecule has 6 rings (SSSR count). The van der Waals surface area contributed by atoms with Crippen molar-refractivity contribution < 1.29 is 9.59 Å². The lowest BCUT2D eigenvalue weighted by molar-refractivity contribution is -0.159. The fourth-order valence-electron chi connectivity index (χ4n) is 6.96. The maximum atomic E-state index is 13.5. The van der Waals surface area contributed by atoms with Crippen molar-refractivity contribution in [1.29, 1.82) is 0 Å². The third-order valence-corrected chi connectivity index (χ3v) is 8.27. The highest BCUT2D eigenvalue weighted by Gasteiger charge is 2.55. The molecule has 1 unspecified atom stereocenters. The van der Waals surface area contributed by atoms with Crippen LogP contribution < -0.4 is 5.32 Å². The molecule has 4 saturated carbocycles. The van der Waals surface area contributed by atoms with Crippen molar-refractivity contribution in [2.24, 2.45) is 23.2 Å². The maximum absolute atomic E-state index is 13.5. The lowest BCUT2D eigenvalue weighted by atomic mass is 9.49. The summed E-state index contributed by atoms with van der Waals surface area (Å²) < 4.78 is 0. The lowest BCUT2D eigenvalue weighted by Gasteiger charge is -2.57. The Morgan fingerprint density at radius 1 is 1.00 bits per heavy atom. The largest absolute Gasteiger partial charge is 0.339 e. The van der Waals surface area contributed by atoms with Crippen LogP contribution in [0.3, 0.4) is 0 Å². The number of amides is 3. The zero-order valence-corrected chi connectivity index (χ0v) is 18.5. The van der Waals surface area contributed by atoms with Crippen molar-refractivity contribution in [3.8, 4) is 0 Å². The van der Waals surface area contributed by atoms with Gasteiger partial charge < -0.3 is 15.1 Å². The van der Waals surface area contributed by atoms with E-state index in [1.54, 1.807) is 0 Å². The van der Waals surface area contributed by atoms with Gasteiger partial charge in [0.1, 0.15) is 0 Å². The number of carbonyl (C=O) groups excluding carboxylic acids is 2. The molecule has 1 atom stereocenters. The first-order valence-corrected chi connectivity index (χ1v) is 11.9. The molecule has 162 valence electrons. The van der Waals surface area contributed by atoms with Crippen LogP contribution in [0.4, 0.5) is 4.79 Å². The fourth-order valence-corrected chi connectivity index (χ4v) is 7.16. The van der Waals surface area contributed by atoms with Crippen LogP contribution in [0.25, 0.3) is 0 Å². The molecule has 1 aromatic carbocycles. The zero-order chi connectivity index (χ0) is 20.9. The number of rotatable bonds is 3. The molecule has 1 heterocycles. The van der Waals surface area contributed by atoms with Gasteiger partial charge in [0.05, 0.1) is 11.5 Å². The zero-order valence-electron chi connectivity index (χ0n) is 17.8. The van der Waals surface area contributed by atoms with Crippen LogP contribution in [0.2, 0.25) is 5.02 Å². The predicted octanol–water partition coefficient (Wildman–Crippen LogP) is 4.47. The van der Waals surface area contributed by atoms with Gasteiger partial charge in [0.25, 0.3) is 0 Å². The molecular weight excluding hydrogens is 398 g/mol. The van der Waals surface area contributed by atoms with Crippen LogP contribution in [0.15, 0.2) is 24.3 Å². The third-order valence-electron chi connectivity index (χ3n) is 8.03. The molecule has 0 spiro atoms. The van der Waals surface area contributed by atoms with E-state index in [-0.39, 0.29) is 17.5 Å². The summed E-state index contributed by atoms with van der Waals surface area (Å²) in [6.45, 7) is 4.48. The maximum Gasteiger partial charge on any atom is 0.317 e. The van der Waals surface area contributed by atoms with Crippen LogP contribution in [0.5, 0.6) is 0 Å². The molecule has 30 heavy (non-hydrogen) atoms. The van der Waals surface area contributed by atoms with E-state index in [4.69, 9.17) is 11.6 Å². The molecule has 1 N–H and O–H groups in total. The van der Waals surface area contributed by atoms with Gasteiger partial charge in [-0.25, -0.2) is 4.79 Å². The third kappa shape index (κ3) is 3.70. The molecule has 3 amide bonds. The number of nitrogens with zero attached hydrogens (tertiary/aromatic N) is 2. The van der Waals surface area contributed by atoms with Gasteiger partial charge in [0.15, 0.2) is 0 Å². The highest BCUT2D eigenvalue weighted by atomic mass is 35.5. The number of benzene rings is 1. The molecule has 4 bridgehead atoms. The minimum absolute atomic E-state index is 0.0654. The van der Waals surface area contributed by atoms with Crippen molar-refractivity contribution in [3.63, 3.8) is 0 Å². The normalized spacial score (nSPS) is 33.5. The summed E-state index contributed by atoms with van der Waals surface area (Å²) in [6.07, 6.45) is 7.38. The first-order valence-electron chi connectivity index (χ1n) is 11.5. The Bertz CT molecular complexity index is 798. The quantitative estimate of drug-likeness (QED) is 0.770. The summed E-state index contributed by atoms with van der Waals surface area (Å²) in [4.78, 5) is 30.2. The van der Waals surface area contributed by atoms with Crippen molar-refractivity contribution in [3.05, 3.63) is 34.9 Å². The number of carbonyl (C=O) groups is 2. The van der Waals surface area contributed by atoms with Crippen LogP contribution in [-0.4, -0.2) is 47.9 Å². The van der Waals surface area contributed by atoms with Gasteiger partial charge >= 0.3 is 6.03 Å². The molecule has 0 aromatic heterocycles. The van der Waals surface area contributed by atoms with Crippen LogP contribution >= 0.6 is 11.6 Å². The van der Waals surface area contributed by atoms with Crippen LogP contribution in [-0.2, 0) is 4.79 Å². The summed E-state index contributed by atoms with van der Waals surface area (Å²) in [6, 6.07) is 7.41. The molecule has 5 aliphatic rings. The van der Waals surface area contributed by atoms with Crippen LogP contribution in [0, 0.1) is 23.2 Å². The topological polar surface area (TPSA) is 52.7 Å². The second kappa shape index (κ2) is 7.74. The number of halogens is 1. The van der Waals surface area contributed by atoms with Crippen molar-refractivity contribution >= 4 is 23.5 Å². The van der Waals surface area contributed by atoms with Crippen LogP contribution in [0.1, 0.15) is 57.1 Å². The number of hydrogen-bond donors (Lipinski definition) is 1. The molecule has 1 aliphatic heterocycles. The standard InChI is InChI=1S/C24H32ClN3O2/c1-16(20-3-2-4-21(25)12-20)26-23(30)28-7-5-27(6-8-28)22(29)24-13-17-9-18(14-24)11-19(10-17)15-24/h2-4,12,16-19H,5-11,13-15H2,1H3,(H,26,30). The Hall–Kier alpha value is -1.75. The van der Waals surface area contributed by atoms with Crippen molar-refractivity contribution in [2.75, 3.05) is 26.2 Å². The monoisotopic (exact) mass is 429 g/mol. The molecule has 4 aliphatic carbocycles. The van der Waals surface area contributed by atoms with Gasteiger partial charge in [-0.05, 0) is 80.9 Å². The summed E-state index contributed by atoms with van der Waals surface area (Å²) in [5.41, 5.74) is 0.909. The van der Waals surface area contributed by atoms with E-state index >= 15 is 0 Å². The summed E-state index contributed by atoms with van der Waals surface area (Å²) >= 11 is 6.07. The van der Waals surface area contributed by atoms with Gasteiger partial charge in [-0.1, -0.05) is 23.7 Å².